The van der Waals surface area contributed by atoms with Crippen LogP contribution in [0.15, 0.2) is 54.7 Å². The number of carbonyl (C=O) groups excluding carboxylic acids is 1. The highest BCUT2D eigenvalue weighted by atomic mass is 19.1. The van der Waals surface area contributed by atoms with Crippen LogP contribution in [-0.2, 0) is 13.6 Å². The van der Waals surface area contributed by atoms with Gasteiger partial charge in [-0.1, -0.05) is 12.1 Å². The predicted molar refractivity (Wildman–Crippen MR) is 89.8 cm³/mol. The summed E-state index contributed by atoms with van der Waals surface area (Å²) in [4.78, 5) is 14.7. The van der Waals surface area contributed by atoms with Gasteiger partial charge in [0.15, 0.2) is 0 Å². The molecular formula is C18H15FN4O. The fourth-order valence-electron chi connectivity index (χ4n) is 2.89. The van der Waals surface area contributed by atoms with Gasteiger partial charge < -0.3 is 10.2 Å². The van der Waals surface area contributed by atoms with E-state index in [2.05, 4.69) is 10.4 Å². The van der Waals surface area contributed by atoms with Crippen molar-refractivity contribution in [3.05, 3.63) is 71.7 Å². The molecule has 3 aromatic rings. The Bertz CT molecular complexity index is 917. The first kappa shape index (κ1) is 14.4. The Morgan fingerprint density at radius 2 is 1.92 bits per heavy atom. The van der Waals surface area contributed by atoms with Crippen molar-refractivity contribution in [2.45, 2.75) is 6.54 Å². The van der Waals surface area contributed by atoms with E-state index < -0.39 is 0 Å². The number of nitrogens with one attached hydrogen (secondary N) is 1. The van der Waals surface area contributed by atoms with Crippen molar-refractivity contribution in [2.75, 3.05) is 10.2 Å². The Balaban J connectivity index is 1.81. The highest BCUT2D eigenvalue weighted by molar-refractivity contribution is 6.08. The molecule has 24 heavy (non-hydrogen) atoms. The first-order valence-electron chi connectivity index (χ1n) is 7.58. The van der Waals surface area contributed by atoms with Crippen LogP contribution in [0.1, 0.15) is 15.9 Å². The molecule has 1 aliphatic rings. The van der Waals surface area contributed by atoms with Crippen LogP contribution in [0.3, 0.4) is 0 Å². The van der Waals surface area contributed by atoms with Gasteiger partial charge in [0.25, 0.3) is 5.91 Å². The smallest absolute Gasteiger partial charge is 0.258 e. The van der Waals surface area contributed by atoms with Crippen molar-refractivity contribution in [3.8, 4) is 0 Å². The lowest BCUT2D eigenvalue weighted by Gasteiger charge is -2.22. The van der Waals surface area contributed by atoms with Gasteiger partial charge in [-0.2, -0.15) is 5.10 Å². The Kier molecular flexibility index (Phi) is 3.30. The van der Waals surface area contributed by atoms with Crippen LogP contribution in [-0.4, -0.2) is 15.7 Å². The largest absolute Gasteiger partial charge is 0.338 e. The highest BCUT2D eigenvalue weighted by Crippen LogP contribution is 2.36. The number of halogens is 1. The lowest BCUT2D eigenvalue weighted by atomic mass is 10.1. The van der Waals surface area contributed by atoms with Gasteiger partial charge >= 0.3 is 0 Å². The number of aromatic nitrogens is 2. The van der Waals surface area contributed by atoms with Crippen LogP contribution in [0.4, 0.5) is 21.6 Å². The molecular weight excluding hydrogens is 307 g/mol. The normalized spacial score (nSPS) is 12.8. The summed E-state index contributed by atoms with van der Waals surface area (Å²) in [7, 11) is 1.85. The lowest BCUT2D eigenvalue weighted by molar-refractivity contribution is 0.0985. The number of hydrogen-bond donors (Lipinski definition) is 1. The molecule has 4 rings (SSSR count). The van der Waals surface area contributed by atoms with Crippen LogP contribution < -0.4 is 10.2 Å². The van der Waals surface area contributed by atoms with E-state index in [1.54, 1.807) is 15.8 Å². The fraction of sp³-hybridized carbons (Fsp3) is 0.111. The Morgan fingerprint density at radius 3 is 2.71 bits per heavy atom. The molecule has 1 N–H and O–H groups in total. The zero-order valence-corrected chi connectivity index (χ0v) is 13.0. The fourth-order valence-corrected chi connectivity index (χ4v) is 2.89. The number of nitrogens with zero attached hydrogens (tertiary/aromatic N) is 3. The quantitative estimate of drug-likeness (QED) is 0.746. The third-order valence-electron chi connectivity index (χ3n) is 4.13. The molecule has 0 radical (unpaired) electrons. The average Bonchev–Trinajstić information content (AvgIpc) is 2.85. The lowest BCUT2D eigenvalue weighted by Crippen LogP contribution is -2.29. The van der Waals surface area contributed by atoms with Gasteiger partial charge in [0.2, 0.25) is 0 Å². The van der Waals surface area contributed by atoms with Gasteiger partial charge in [-0.05, 0) is 36.4 Å². The maximum Gasteiger partial charge on any atom is 0.258 e. The number of benzene rings is 2. The van der Waals surface area contributed by atoms with Crippen molar-refractivity contribution < 1.29 is 9.18 Å². The minimum absolute atomic E-state index is 0.180. The molecule has 0 saturated heterocycles. The molecule has 0 bridgehead atoms. The first-order chi connectivity index (χ1) is 11.6. The Labute approximate surface area is 138 Å². The number of carbonyl (C=O) groups is 1. The molecule has 0 atom stereocenters. The summed E-state index contributed by atoms with van der Waals surface area (Å²) >= 11 is 0. The minimum atomic E-state index is -0.362. The molecule has 6 heteroatoms. The number of aryl methyl sites for hydroxylation is 1. The average molecular weight is 322 g/mol. The van der Waals surface area contributed by atoms with Crippen molar-refractivity contribution in [1.82, 2.24) is 9.78 Å². The number of para-hydroxylation sites is 2. The molecule has 120 valence electrons. The molecule has 1 aromatic heterocycles. The van der Waals surface area contributed by atoms with E-state index in [9.17, 15) is 9.18 Å². The number of fused-ring (bicyclic) bond motifs is 2. The molecule has 1 aliphatic heterocycles. The van der Waals surface area contributed by atoms with E-state index in [-0.39, 0.29) is 11.7 Å². The topological polar surface area (TPSA) is 50.2 Å². The highest BCUT2D eigenvalue weighted by Gasteiger charge is 2.26. The monoisotopic (exact) mass is 322 g/mol. The second-order valence-corrected chi connectivity index (χ2v) is 5.68. The van der Waals surface area contributed by atoms with E-state index in [1.807, 2.05) is 31.3 Å². The molecule has 1 amide bonds. The molecule has 0 spiro atoms. The van der Waals surface area contributed by atoms with Crippen LogP contribution in [0.5, 0.6) is 0 Å². The maximum absolute atomic E-state index is 13.2. The van der Waals surface area contributed by atoms with E-state index in [0.29, 0.717) is 12.1 Å². The van der Waals surface area contributed by atoms with Crippen molar-refractivity contribution in [3.63, 3.8) is 0 Å². The maximum atomic E-state index is 13.2. The van der Waals surface area contributed by atoms with Crippen LogP contribution in [0.25, 0.3) is 0 Å². The van der Waals surface area contributed by atoms with Crippen LogP contribution in [0.2, 0.25) is 0 Å². The van der Waals surface area contributed by atoms with E-state index in [0.717, 1.165) is 22.8 Å². The second-order valence-electron chi connectivity index (χ2n) is 5.68. The summed E-state index contributed by atoms with van der Waals surface area (Å²) in [5, 5.41) is 7.60. The molecule has 0 fully saturated rings. The minimum Gasteiger partial charge on any atom is -0.338 e. The third kappa shape index (κ3) is 2.32. The number of amides is 1. The second kappa shape index (κ2) is 5.49. The summed E-state index contributed by atoms with van der Waals surface area (Å²) in [5.74, 6) is 0.317. The molecule has 5 nitrogen and oxygen atoms in total. The Hall–Kier alpha value is -3.15. The number of anilines is 3. The molecule has 2 heterocycles. The molecule has 0 aliphatic carbocycles. The molecule has 0 unspecified atom stereocenters. The summed E-state index contributed by atoms with van der Waals surface area (Å²) < 4.78 is 14.9. The van der Waals surface area contributed by atoms with E-state index in [4.69, 9.17) is 0 Å². The summed E-state index contributed by atoms with van der Waals surface area (Å²) in [6.45, 7) is 0.392. The zero-order valence-electron chi connectivity index (χ0n) is 13.0. The standard InChI is InChI=1S/C18H15FN4O/c1-22-17-13(10-20-22)11-23(16-5-3-2-4-15(16)21-17)18(24)12-6-8-14(19)9-7-12/h2-10,21H,11H2,1H3. The first-order valence-corrected chi connectivity index (χ1v) is 7.58. The van der Waals surface area contributed by atoms with Crippen LogP contribution >= 0.6 is 0 Å². The van der Waals surface area contributed by atoms with Crippen LogP contribution in [0, 0.1) is 5.82 Å². The van der Waals surface area contributed by atoms with Gasteiger partial charge in [0.05, 0.1) is 24.1 Å². The third-order valence-corrected chi connectivity index (χ3v) is 4.13. The van der Waals surface area contributed by atoms with Crippen molar-refractivity contribution >= 4 is 23.1 Å². The van der Waals surface area contributed by atoms with Gasteiger partial charge in [0.1, 0.15) is 11.6 Å². The van der Waals surface area contributed by atoms with E-state index in [1.165, 1.54) is 24.3 Å². The summed E-state index contributed by atoms with van der Waals surface area (Å²) in [5.41, 5.74) is 2.97. The van der Waals surface area contributed by atoms with Gasteiger partial charge in [0, 0.05) is 18.2 Å². The zero-order chi connectivity index (χ0) is 16.7. The summed E-state index contributed by atoms with van der Waals surface area (Å²) in [6.07, 6.45) is 1.75. The molecule has 0 saturated carbocycles. The number of hydrogen-bond acceptors (Lipinski definition) is 3. The van der Waals surface area contributed by atoms with Crippen molar-refractivity contribution in [2.24, 2.45) is 7.05 Å². The van der Waals surface area contributed by atoms with Gasteiger partial charge in [-0.3, -0.25) is 9.48 Å². The predicted octanol–water partition coefficient (Wildman–Crippen LogP) is 3.46. The van der Waals surface area contributed by atoms with Crippen molar-refractivity contribution in [1.29, 1.82) is 0 Å². The number of rotatable bonds is 1. The molecule has 2 aromatic carbocycles. The van der Waals surface area contributed by atoms with E-state index >= 15 is 0 Å². The Morgan fingerprint density at radius 1 is 1.17 bits per heavy atom. The summed E-state index contributed by atoms with van der Waals surface area (Å²) in [6, 6.07) is 13.2. The van der Waals surface area contributed by atoms with Gasteiger partial charge in [-0.15, -0.1) is 0 Å². The van der Waals surface area contributed by atoms with Gasteiger partial charge in [-0.25, -0.2) is 4.39 Å². The SMILES string of the molecule is Cn1ncc2c1Nc1ccccc1N(C(=O)c1ccc(F)cc1)C2.